The van der Waals surface area contributed by atoms with E-state index in [2.05, 4.69) is 5.32 Å². The van der Waals surface area contributed by atoms with E-state index in [1.54, 1.807) is 6.07 Å². The Balaban J connectivity index is 2.24. The zero-order chi connectivity index (χ0) is 14.8. The van der Waals surface area contributed by atoms with E-state index < -0.39 is 11.7 Å². The van der Waals surface area contributed by atoms with E-state index in [1.807, 2.05) is 6.92 Å². The molecule has 1 fully saturated rings. The van der Waals surface area contributed by atoms with Crippen molar-refractivity contribution in [2.24, 2.45) is 0 Å². The fourth-order valence-corrected chi connectivity index (χ4v) is 2.26. The van der Waals surface area contributed by atoms with Crippen molar-refractivity contribution in [3.05, 3.63) is 29.3 Å². The Kier molecular flexibility index (Phi) is 3.91. The van der Waals surface area contributed by atoms with Crippen LogP contribution in [-0.4, -0.2) is 18.8 Å². The highest BCUT2D eigenvalue weighted by molar-refractivity contribution is 5.54. The van der Waals surface area contributed by atoms with Crippen LogP contribution in [0.4, 0.5) is 18.9 Å². The van der Waals surface area contributed by atoms with E-state index in [0.717, 1.165) is 18.9 Å². The number of alkyl halides is 3. The molecular weight excluding hydrogens is 269 g/mol. The minimum Gasteiger partial charge on any atom is -0.381 e. The molecule has 6 heteroatoms. The predicted molar refractivity (Wildman–Crippen MR) is 68.2 cm³/mol. The zero-order valence-corrected chi connectivity index (χ0v) is 11.0. The summed E-state index contributed by atoms with van der Waals surface area (Å²) >= 11 is 0. The molecule has 0 aliphatic carbocycles. The summed E-state index contributed by atoms with van der Waals surface area (Å²) in [6.07, 6.45) is -2.96. The molecule has 0 radical (unpaired) electrons. The Hall–Kier alpha value is -1.74. The summed E-state index contributed by atoms with van der Waals surface area (Å²) in [5, 5.41) is 12.1. The molecule has 1 aliphatic rings. The fourth-order valence-electron chi connectivity index (χ4n) is 2.26. The number of anilines is 1. The number of ether oxygens (including phenoxy) is 1. The van der Waals surface area contributed by atoms with Gasteiger partial charge in [-0.1, -0.05) is 0 Å². The van der Waals surface area contributed by atoms with Crippen LogP contribution in [-0.2, 0) is 10.9 Å². The Labute approximate surface area is 115 Å². The van der Waals surface area contributed by atoms with Gasteiger partial charge in [-0.15, -0.1) is 0 Å². The van der Waals surface area contributed by atoms with E-state index in [4.69, 9.17) is 10.00 Å². The third-order valence-electron chi connectivity index (χ3n) is 3.49. The van der Waals surface area contributed by atoms with Gasteiger partial charge in [0.1, 0.15) is 0 Å². The van der Waals surface area contributed by atoms with Gasteiger partial charge in [0.25, 0.3) is 0 Å². The first-order valence-electron chi connectivity index (χ1n) is 6.31. The van der Waals surface area contributed by atoms with Crippen molar-refractivity contribution < 1.29 is 17.9 Å². The molecule has 1 N–H and O–H groups in total. The lowest BCUT2D eigenvalue weighted by Crippen LogP contribution is -2.40. The van der Waals surface area contributed by atoms with Gasteiger partial charge in [0.2, 0.25) is 0 Å². The Morgan fingerprint density at radius 2 is 1.95 bits per heavy atom. The molecule has 1 aliphatic heterocycles. The minimum absolute atomic E-state index is 0.218. The van der Waals surface area contributed by atoms with Crippen LogP contribution < -0.4 is 5.32 Å². The van der Waals surface area contributed by atoms with Crippen LogP contribution in [0.1, 0.15) is 30.9 Å². The van der Waals surface area contributed by atoms with Crippen LogP contribution in [0.5, 0.6) is 0 Å². The normalized spacial score (nSPS) is 18.4. The van der Waals surface area contributed by atoms with Crippen LogP contribution in [0.2, 0.25) is 0 Å². The second-order valence-corrected chi connectivity index (χ2v) is 5.17. The molecule has 0 bridgehead atoms. The quantitative estimate of drug-likeness (QED) is 0.903. The summed E-state index contributed by atoms with van der Waals surface area (Å²) in [5.41, 5.74) is -0.954. The lowest BCUT2D eigenvalue weighted by molar-refractivity contribution is -0.137. The van der Waals surface area contributed by atoms with Gasteiger partial charge in [-0.05, 0) is 38.0 Å². The molecule has 0 aromatic heterocycles. The number of hydrogen-bond acceptors (Lipinski definition) is 3. The molecular formula is C14H15F3N2O. The standard InChI is InChI=1S/C14H15F3N2O/c1-13(4-6-20-7-5-13)19-11-2-3-12(14(15,16)17)10(8-11)9-18/h2-3,8,19H,4-7H2,1H3. The first kappa shape index (κ1) is 14.7. The minimum atomic E-state index is -4.51. The highest BCUT2D eigenvalue weighted by atomic mass is 19.4. The molecule has 0 atom stereocenters. The van der Waals surface area contributed by atoms with Crippen LogP contribution in [0.3, 0.4) is 0 Å². The van der Waals surface area contributed by atoms with Crippen molar-refractivity contribution >= 4 is 5.69 Å². The lowest BCUT2D eigenvalue weighted by atomic mass is 9.92. The third kappa shape index (κ3) is 3.23. The molecule has 20 heavy (non-hydrogen) atoms. The first-order valence-corrected chi connectivity index (χ1v) is 6.31. The van der Waals surface area contributed by atoms with Crippen molar-refractivity contribution in [1.82, 2.24) is 0 Å². The number of halogens is 3. The summed E-state index contributed by atoms with van der Waals surface area (Å²) in [4.78, 5) is 0. The number of nitrogens with one attached hydrogen (secondary N) is 1. The smallest absolute Gasteiger partial charge is 0.381 e. The third-order valence-corrected chi connectivity index (χ3v) is 3.49. The number of hydrogen-bond donors (Lipinski definition) is 1. The van der Waals surface area contributed by atoms with Crippen LogP contribution >= 0.6 is 0 Å². The molecule has 0 unspecified atom stereocenters. The predicted octanol–water partition coefficient (Wildman–Crippen LogP) is 3.56. The summed E-state index contributed by atoms with van der Waals surface area (Å²) in [6, 6.07) is 5.17. The topological polar surface area (TPSA) is 45.0 Å². The van der Waals surface area contributed by atoms with Crippen molar-refractivity contribution in [1.29, 1.82) is 5.26 Å². The monoisotopic (exact) mass is 284 g/mol. The van der Waals surface area contributed by atoms with E-state index >= 15 is 0 Å². The molecule has 1 aromatic rings. The maximum absolute atomic E-state index is 12.7. The zero-order valence-electron chi connectivity index (χ0n) is 11.0. The number of nitriles is 1. The summed E-state index contributed by atoms with van der Waals surface area (Å²) in [5.74, 6) is 0. The highest BCUT2D eigenvalue weighted by Gasteiger charge is 2.34. The van der Waals surface area contributed by atoms with Gasteiger partial charge in [-0.2, -0.15) is 18.4 Å². The van der Waals surface area contributed by atoms with Gasteiger partial charge in [-0.3, -0.25) is 0 Å². The van der Waals surface area contributed by atoms with E-state index in [0.29, 0.717) is 18.9 Å². The van der Waals surface area contributed by atoms with Crippen molar-refractivity contribution in [2.45, 2.75) is 31.5 Å². The molecule has 2 rings (SSSR count). The molecule has 1 aromatic carbocycles. The van der Waals surface area contributed by atoms with Gasteiger partial charge in [-0.25, -0.2) is 0 Å². The van der Waals surface area contributed by atoms with Crippen molar-refractivity contribution in [3.8, 4) is 6.07 Å². The number of benzene rings is 1. The average molecular weight is 284 g/mol. The molecule has 0 spiro atoms. The summed E-state index contributed by atoms with van der Waals surface area (Å²) < 4.78 is 43.4. The van der Waals surface area contributed by atoms with Crippen LogP contribution in [0.15, 0.2) is 18.2 Å². The van der Waals surface area contributed by atoms with Gasteiger partial charge in [0.15, 0.2) is 0 Å². The Morgan fingerprint density at radius 1 is 1.30 bits per heavy atom. The van der Waals surface area contributed by atoms with Gasteiger partial charge in [0, 0.05) is 24.4 Å². The highest BCUT2D eigenvalue weighted by Crippen LogP contribution is 2.34. The van der Waals surface area contributed by atoms with Crippen molar-refractivity contribution in [3.63, 3.8) is 0 Å². The number of nitrogens with zero attached hydrogens (tertiary/aromatic N) is 1. The molecule has 108 valence electrons. The summed E-state index contributed by atoms with van der Waals surface area (Å²) in [6.45, 7) is 3.24. The molecule has 1 heterocycles. The molecule has 0 amide bonds. The van der Waals surface area contributed by atoms with E-state index in [-0.39, 0.29) is 11.1 Å². The second kappa shape index (κ2) is 5.33. The maximum Gasteiger partial charge on any atom is 0.417 e. The van der Waals surface area contributed by atoms with Crippen LogP contribution in [0, 0.1) is 11.3 Å². The molecule has 1 saturated heterocycles. The van der Waals surface area contributed by atoms with Gasteiger partial charge in [0.05, 0.1) is 17.2 Å². The maximum atomic E-state index is 12.7. The largest absolute Gasteiger partial charge is 0.417 e. The Bertz CT molecular complexity index is 528. The fraction of sp³-hybridized carbons (Fsp3) is 0.500. The molecule has 3 nitrogen and oxygen atoms in total. The SMILES string of the molecule is CC1(Nc2ccc(C(F)(F)F)c(C#N)c2)CCOCC1. The Morgan fingerprint density at radius 3 is 2.50 bits per heavy atom. The second-order valence-electron chi connectivity index (χ2n) is 5.17. The van der Waals surface area contributed by atoms with Crippen LogP contribution in [0.25, 0.3) is 0 Å². The molecule has 0 saturated carbocycles. The van der Waals surface area contributed by atoms with Crippen molar-refractivity contribution in [2.75, 3.05) is 18.5 Å². The first-order chi connectivity index (χ1) is 9.34. The lowest BCUT2D eigenvalue weighted by Gasteiger charge is -2.35. The van der Waals surface area contributed by atoms with E-state index in [9.17, 15) is 13.2 Å². The summed E-state index contributed by atoms with van der Waals surface area (Å²) in [7, 11) is 0. The van der Waals surface area contributed by atoms with E-state index in [1.165, 1.54) is 12.1 Å². The van der Waals surface area contributed by atoms with Gasteiger partial charge < -0.3 is 10.1 Å². The number of rotatable bonds is 2. The average Bonchev–Trinajstić information content (AvgIpc) is 2.37. The van der Waals surface area contributed by atoms with Gasteiger partial charge >= 0.3 is 6.18 Å².